The molecule has 2 aliphatic rings. The van der Waals surface area contributed by atoms with Crippen molar-refractivity contribution in [3.63, 3.8) is 0 Å². The third-order valence-electron chi connectivity index (χ3n) is 13.7. The molecular weight excluding hydrogens is 735 g/mol. The van der Waals surface area contributed by atoms with Gasteiger partial charge in [0.05, 0.1) is 11.1 Å². The van der Waals surface area contributed by atoms with Gasteiger partial charge in [0.1, 0.15) is 0 Å². The van der Waals surface area contributed by atoms with Crippen molar-refractivity contribution in [1.29, 1.82) is 0 Å². The van der Waals surface area contributed by atoms with Gasteiger partial charge in [-0.2, -0.15) is 0 Å². The molecule has 1 heteroatoms. The van der Waals surface area contributed by atoms with Crippen LogP contribution in [0.3, 0.4) is 0 Å². The lowest BCUT2D eigenvalue weighted by atomic mass is 9.67. The van der Waals surface area contributed by atoms with Crippen LogP contribution < -0.4 is 4.90 Å². The molecule has 10 aromatic rings. The number of rotatable bonds is 6. The Labute approximate surface area is 357 Å². The van der Waals surface area contributed by atoms with E-state index in [1.54, 1.807) is 0 Å². The average Bonchev–Trinajstić information content (AvgIpc) is 3.75. The fraction of sp³-hybridized carbons (Fsp3) is 0.0667. The molecule has 10 aromatic carbocycles. The largest absolute Gasteiger partial charge is 0.310 e. The molecule has 0 N–H and O–H groups in total. The minimum Gasteiger partial charge on any atom is -0.310 e. The standard InChI is InChI=1S/C60H43N/c1-59(2)57-48-26-13-12-20-41(48)30-34-52(57)53-35-31-42-38-45(32-36-49(42)58(53)59)61(56-29-17-15-25-47(56)40-18-6-3-7-19-40)46-33-37-51-50-27-14-16-28-54(50)60(55(51)39-46,43-21-8-4-9-22-43)44-23-10-5-11-24-44/h3-39H,1-2H3. The van der Waals surface area contributed by atoms with Gasteiger partial charge in [-0.05, 0) is 113 Å². The van der Waals surface area contributed by atoms with E-state index in [1.807, 2.05) is 0 Å². The summed E-state index contributed by atoms with van der Waals surface area (Å²) in [5.41, 5.74) is 18.3. The van der Waals surface area contributed by atoms with E-state index in [1.165, 1.54) is 88.3 Å². The highest BCUT2D eigenvalue weighted by atomic mass is 15.1. The Balaban J connectivity index is 1.11. The molecule has 288 valence electrons. The van der Waals surface area contributed by atoms with Gasteiger partial charge in [0.25, 0.3) is 0 Å². The van der Waals surface area contributed by atoms with Crippen molar-refractivity contribution in [3.05, 3.63) is 258 Å². The Hall–Kier alpha value is -7.48. The predicted octanol–water partition coefficient (Wildman–Crippen LogP) is 15.8. The maximum absolute atomic E-state index is 2.49. The lowest BCUT2D eigenvalue weighted by Gasteiger charge is -2.35. The number of anilines is 3. The topological polar surface area (TPSA) is 3.24 Å². The first-order valence-corrected chi connectivity index (χ1v) is 21.4. The van der Waals surface area contributed by atoms with Crippen LogP contribution in [0.15, 0.2) is 224 Å². The second-order valence-electron chi connectivity index (χ2n) is 17.2. The van der Waals surface area contributed by atoms with Gasteiger partial charge in [0, 0.05) is 22.4 Å². The number of benzene rings is 10. The molecule has 0 atom stereocenters. The lowest BCUT2D eigenvalue weighted by Crippen LogP contribution is -2.28. The van der Waals surface area contributed by atoms with Crippen molar-refractivity contribution < 1.29 is 0 Å². The molecule has 0 heterocycles. The first kappa shape index (κ1) is 35.5. The zero-order valence-electron chi connectivity index (χ0n) is 34.3. The molecular formula is C60H43N. The average molecular weight is 778 g/mol. The summed E-state index contributed by atoms with van der Waals surface area (Å²) in [6.45, 7) is 4.82. The SMILES string of the molecule is CC1(C)c2c(ccc3ccccc23)-c2ccc3cc(N(c4ccc5c(c4)C(c4ccccc4)(c4ccccc4)c4ccccc4-5)c4ccccc4-c4ccccc4)ccc3c21. The summed E-state index contributed by atoms with van der Waals surface area (Å²) >= 11 is 0. The maximum atomic E-state index is 2.49. The van der Waals surface area contributed by atoms with Crippen LogP contribution in [-0.2, 0) is 10.8 Å². The Kier molecular flexibility index (Phi) is 7.86. The number of hydrogen-bond donors (Lipinski definition) is 0. The zero-order valence-corrected chi connectivity index (χ0v) is 34.3. The van der Waals surface area contributed by atoms with Crippen LogP contribution >= 0.6 is 0 Å². The summed E-state index contributed by atoms with van der Waals surface area (Å²) in [5, 5.41) is 5.18. The highest BCUT2D eigenvalue weighted by molar-refractivity contribution is 6.05. The second-order valence-corrected chi connectivity index (χ2v) is 17.2. The Bertz CT molecular complexity index is 3290. The Morgan fingerprint density at radius 2 is 0.852 bits per heavy atom. The molecule has 0 saturated carbocycles. The van der Waals surface area contributed by atoms with Crippen LogP contribution in [0.5, 0.6) is 0 Å². The maximum Gasteiger partial charge on any atom is 0.0714 e. The van der Waals surface area contributed by atoms with Crippen molar-refractivity contribution in [2.45, 2.75) is 24.7 Å². The molecule has 12 rings (SSSR count). The summed E-state index contributed by atoms with van der Waals surface area (Å²) in [6.07, 6.45) is 0. The van der Waals surface area contributed by atoms with Gasteiger partial charge in [-0.3, -0.25) is 0 Å². The fourth-order valence-electron chi connectivity index (χ4n) is 11.2. The molecule has 2 aliphatic carbocycles. The number of fused-ring (bicyclic) bond motifs is 10. The van der Waals surface area contributed by atoms with Crippen molar-refractivity contribution >= 4 is 38.6 Å². The molecule has 0 spiro atoms. The lowest BCUT2D eigenvalue weighted by molar-refractivity contribution is 0.672. The van der Waals surface area contributed by atoms with E-state index in [4.69, 9.17) is 0 Å². The van der Waals surface area contributed by atoms with E-state index in [9.17, 15) is 0 Å². The van der Waals surface area contributed by atoms with E-state index in [2.05, 4.69) is 243 Å². The molecule has 0 saturated heterocycles. The minimum absolute atomic E-state index is 0.167. The molecule has 0 amide bonds. The number of para-hydroxylation sites is 1. The van der Waals surface area contributed by atoms with Gasteiger partial charge >= 0.3 is 0 Å². The van der Waals surface area contributed by atoms with Gasteiger partial charge in [0.15, 0.2) is 0 Å². The Morgan fingerprint density at radius 1 is 0.344 bits per heavy atom. The first-order chi connectivity index (χ1) is 30.0. The monoisotopic (exact) mass is 777 g/mol. The summed E-state index contributed by atoms with van der Waals surface area (Å²) in [4.78, 5) is 2.49. The van der Waals surface area contributed by atoms with Gasteiger partial charge in [-0.25, -0.2) is 0 Å². The smallest absolute Gasteiger partial charge is 0.0714 e. The van der Waals surface area contributed by atoms with Crippen LogP contribution in [0.2, 0.25) is 0 Å². The van der Waals surface area contributed by atoms with Crippen LogP contribution in [0.25, 0.3) is 54.9 Å². The fourth-order valence-corrected chi connectivity index (χ4v) is 11.2. The number of hydrogen-bond acceptors (Lipinski definition) is 1. The quantitative estimate of drug-likeness (QED) is 0.163. The highest BCUT2D eigenvalue weighted by Gasteiger charge is 2.46. The molecule has 0 fully saturated rings. The van der Waals surface area contributed by atoms with Crippen molar-refractivity contribution in [1.82, 2.24) is 0 Å². The first-order valence-electron chi connectivity index (χ1n) is 21.4. The summed E-state index contributed by atoms with van der Waals surface area (Å²) < 4.78 is 0. The summed E-state index contributed by atoms with van der Waals surface area (Å²) in [7, 11) is 0. The minimum atomic E-state index is -0.510. The normalized spacial score (nSPS) is 14.0. The predicted molar refractivity (Wildman–Crippen MR) is 256 cm³/mol. The van der Waals surface area contributed by atoms with E-state index in [0.717, 1.165) is 17.1 Å². The molecule has 1 nitrogen and oxygen atoms in total. The van der Waals surface area contributed by atoms with Crippen LogP contribution in [0, 0.1) is 0 Å². The summed E-state index contributed by atoms with van der Waals surface area (Å²) in [5.74, 6) is 0. The Morgan fingerprint density at radius 3 is 1.57 bits per heavy atom. The molecule has 0 aliphatic heterocycles. The molecule has 0 bridgehead atoms. The van der Waals surface area contributed by atoms with E-state index >= 15 is 0 Å². The van der Waals surface area contributed by atoms with Crippen molar-refractivity contribution in [2.24, 2.45) is 0 Å². The van der Waals surface area contributed by atoms with Crippen LogP contribution in [-0.4, -0.2) is 0 Å². The van der Waals surface area contributed by atoms with E-state index < -0.39 is 5.41 Å². The highest BCUT2D eigenvalue weighted by Crippen LogP contribution is 2.58. The molecule has 0 unspecified atom stereocenters. The van der Waals surface area contributed by atoms with Gasteiger partial charge in [0.2, 0.25) is 0 Å². The van der Waals surface area contributed by atoms with Gasteiger partial charge in [-0.15, -0.1) is 0 Å². The van der Waals surface area contributed by atoms with Gasteiger partial charge in [-0.1, -0.05) is 208 Å². The third kappa shape index (κ3) is 5.14. The van der Waals surface area contributed by atoms with E-state index in [-0.39, 0.29) is 5.41 Å². The third-order valence-corrected chi connectivity index (χ3v) is 13.7. The van der Waals surface area contributed by atoms with Crippen molar-refractivity contribution in [2.75, 3.05) is 4.90 Å². The zero-order chi connectivity index (χ0) is 40.7. The second kappa shape index (κ2) is 13.5. The summed E-state index contributed by atoms with van der Waals surface area (Å²) in [6, 6.07) is 83.4. The van der Waals surface area contributed by atoms with Gasteiger partial charge < -0.3 is 4.90 Å². The number of nitrogens with zero attached hydrogens (tertiary/aromatic N) is 1. The molecule has 0 aromatic heterocycles. The van der Waals surface area contributed by atoms with Crippen LogP contribution in [0.4, 0.5) is 17.1 Å². The molecule has 61 heavy (non-hydrogen) atoms. The molecule has 0 radical (unpaired) electrons. The van der Waals surface area contributed by atoms with Crippen molar-refractivity contribution in [3.8, 4) is 33.4 Å². The van der Waals surface area contributed by atoms with Crippen LogP contribution in [0.1, 0.15) is 47.2 Å². The van der Waals surface area contributed by atoms with E-state index in [0.29, 0.717) is 0 Å².